The molecule has 3 N–H and O–H groups in total. The van der Waals surface area contributed by atoms with Gasteiger partial charge in [-0.25, -0.2) is 0 Å². The van der Waals surface area contributed by atoms with Crippen molar-refractivity contribution in [2.45, 2.75) is 309 Å². The number of hydrogen-bond donors (Lipinski definition) is 3. The maximum Gasteiger partial charge on any atom is 0.305 e. The second-order valence-electron chi connectivity index (χ2n) is 18.6. The van der Waals surface area contributed by atoms with Gasteiger partial charge in [-0.3, -0.25) is 9.59 Å². The van der Waals surface area contributed by atoms with E-state index in [1.807, 2.05) is 0 Å². The number of rotatable bonds is 50. The van der Waals surface area contributed by atoms with E-state index in [0.717, 1.165) is 70.6 Å². The number of carbonyl (C=O) groups excluding carboxylic acids is 2. The van der Waals surface area contributed by atoms with E-state index in [0.29, 0.717) is 25.9 Å². The topological polar surface area (TPSA) is 95.9 Å². The summed E-state index contributed by atoms with van der Waals surface area (Å²) < 4.78 is 5.47. The van der Waals surface area contributed by atoms with Gasteiger partial charge in [-0.05, 0) is 51.4 Å². The first-order chi connectivity index (χ1) is 29.5. The molecule has 2 unspecified atom stereocenters. The number of nitrogens with one attached hydrogen (secondary N) is 1. The quantitative estimate of drug-likeness (QED) is 0.0322. The summed E-state index contributed by atoms with van der Waals surface area (Å²) in [5, 5.41) is 23.1. The number of unbranched alkanes of at least 4 members (excludes halogenated alkanes) is 37. The smallest absolute Gasteiger partial charge is 0.305 e. The number of hydrogen-bond acceptors (Lipinski definition) is 5. The van der Waals surface area contributed by atoms with Crippen LogP contribution in [-0.2, 0) is 14.3 Å². The lowest BCUT2D eigenvalue weighted by Gasteiger charge is -2.22. The van der Waals surface area contributed by atoms with Crippen LogP contribution in [0.2, 0.25) is 0 Å². The van der Waals surface area contributed by atoms with Crippen molar-refractivity contribution in [3.63, 3.8) is 0 Å². The molecular weight excluding hydrogens is 743 g/mol. The van der Waals surface area contributed by atoms with Crippen LogP contribution in [0.25, 0.3) is 0 Å². The largest absolute Gasteiger partial charge is 0.466 e. The van der Waals surface area contributed by atoms with Crippen molar-refractivity contribution in [2.24, 2.45) is 0 Å². The minimum absolute atomic E-state index is 0.00807. The van der Waals surface area contributed by atoms with E-state index in [1.165, 1.54) is 193 Å². The number of amides is 1. The van der Waals surface area contributed by atoms with Gasteiger partial charge in [-0.1, -0.05) is 244 Å². The van der Waals surface area contributed by atoms with Crippen molar-refractivity contribution < 1.29 is 24.5 Å². The van der Waals surface area contributed by atoms with Crippen LogP contribution in [0.15, 0.2) is 12.2 Å². The summed E-state index contributed by atoms with van der Waals surface area (Å²) in [4.78, 5) is 24.5. The third kappa shape index (κ3) is 46.1. The lowest BCUT2D eigenvalue weighted by molar-refractivity contribution is -0.143. The van der Waals surface area contributed by atoms with E-state index in [2.05, 4.69) is 31.3 Å². The van der Waals surface area contributed by atoms with Crippen molar-refractivity contribution in [2.75, 3.05) is 13.2 Å². The minimum atomic E-state index is -0.679. The second kappa shape index (κ2) is 50.2. The summed E-state index contributed by atoms with van der Waals surface area (Å²) in [6.07, 6.45) is 57.6. The molecule has 0 saturated carbocycles. The zero-order chi connectivity index (χ0) is 43.7. The van der Waals surface area contributed by atoms with E-state index in [4.69, 9.17) is 4.74 Å². The molecule has 0 rings (SSSR count). The van der Waals surface area contributed by atoms with Gasteiger partial charge < -0.3 is 20.3 Å². The predicted octanol–water partition coefficient (Wildman–Crippen LogP) is 16.1. The Bertz CT molecular complexity index is 893. The Hall–Kier alpha value is -1.40. The summed E-state index contributed by atoms with van der Waals surface area (Å²) in [5.74, 6) is -0.0725. The number of esters is 1. The lowest BCUT2D eigenvalue weighted by atomic mass is 10.0. The first-order valence-electron chi connectivity index (χ1n) is 26.9. The van der Waals surface area contributed by atoms with Crippen LogP contribution < -0.4 is 5.32 Å². The maximum atomic E-state index is 12.4. The van der Waals surface area contributed by atoms with Gasteiger partial charge in [0, 0.05) is 12.8 Å². The molecule has 0 aliphatic carbocycles. The SMILES string of the molecule is CCCCCCCCCCCCCCCCCCCCC(=O)OCCCCCCCC/C=C\CCCCCC(=O)NC(CO)C(O)CCCCCCCCCCCCCC. The summed E-state index contributed by atoms with van der Waals surface area (Å²) in [5.41, 5.74) is 0. The first-order valence-corrected chi connectivity index (χ1v) is 26.9. The second-order valence-corrected chi connectivity index (χ2v) is 18.6. The van der Waals surface area contributed by atoms with Crippen LogP contribution in [0.4, 0.5) is 0 Å². The van der Waals surface area contributed by atoms with Gasteiger partial charge in [0.15, 0.2) is 0 Å². The van der Waals surface area contributed by atoms with Crippen LogP contribution in [0.1, 0.15) is 296 Å². The molecule has 0 spiro atoms. The summed E-state index contributed by atoms with van der Waals surface area (Å²) in [6.45, 7) is 4.92. The van der Waals surface area contributed by atoms with Crippen molar-refractivity contribution >= 4 is 11.9 Å². The Kier molecular flexibility index (Phi) is 49.1. The molecule has 0 aliphatic heterocycles. The predicted molar refractivity (Wildman–Crippen MR) is 260 cm³/mol. The van der Waals surface area contributed by atoms with Crippen molar-refractivity contribution in [1.82, 2.24) is 5.32 Å². The van der Waals surface area contributed by atoms with Crippen LogP contribution in [-0.4, -0.2) is 47.4 Å². The summed E-state index contributed by atoms with van der Waals surface area (Å²) >= 11 is 0. The number of ether oxygens (including phenoxy) is 1. The molecule has 0 aromatic heterocycles. The van der Waals surface area contributed by atoms with Crippen LogP contribution >= 0.6 is 0 Å². The van der Waals surface area contributed by atoms with E-state index < -0.39 is 12.1 Å². The van der Waals surface area contributed by atoms with E-state index >= 15 is 0 Å². The molecule has 1 amide bonds. The maximum absolute atomic E-state index is 12.4. The zero-order valence-electron chi connectivity index (χ0n) is 40.5. The molecule has 2 atom stereocenters. The van der Waals surface area contributed by atoms with Gasteiger partial charge >= 0.3 is 5.97 Å². The summed E-state index contributed by atoms with van der Waals surface area (Å²) in [7, 11) is 0. The highest BCUT2D eigenvalue weighted by atomic mass is 16.5. The van der Waals surface area contributed by atoms with Gasteiger partial charge in [0.2, 0.25) is 5.91 Å². The standard InChI is InChI=1S/C54H105NO5/c1-3-5-7-9-11-13-15-17-18-19-20-21-24-28-32-36-40-44-48-54(59)60-49-45-41-37-33-29-25-22-23-27-31-35-39-43-47-53(58)55-51(50-56)52(57)46-42-38-34-30-26-16-14-12-10-8-6-4-2/h23,27,51-52,56-57H,3-22,24-26,28-50H2,1-2H3,(H,55,58)/b27-23-. The Labute approximate surface area is 374 Å². The van der Waals surface area contributed by atoms with Crippen LogP contribution in [0.3, 0.4) is 0 Å². The lowest BCUT2D eigenvalue weighted by Crippen LogP contribution is -2.45. The Morgan fingerprint density at radius 1 is 0.450 bits per heavy atom. The molecule has 356 valence electrons. The fourth-order valence-electron chi connectivity index (χ4n) is 8.40. The minimum Gasteiger partial charge on any atom is -0.466 e. The van der Waals surface area contributed by atoms with Gasteiger partial charge in [0.1, 0.15) is 0 Å². The molecule has 0 radical (unpaired) electrons. The fraction of sp³-hybridized carbons (Fsp3) is 0.926. The zero-order valence-corrected chi connectivity index (χ0v) is 40.5. The van der Waals surface area contributed by atoms with Crippen molar-refractivity contribution in [1.29, 1.82) is 0 Å². The van der Waals surface area contributed by atoms with Gasteiger partial charge in [0.05, 0.1) is 25.4 Å². The Balaban J connectivity index is 3.45. The van der Waals surface area contributed by atoms with Crippen molar-refractivity contribution in [3.05, 3.63) is 12.2 Å². The number of aliphatic hydroxyl groups is 2. The highest BCUT2D eigenvalue weighted by Gasteiger charge is 2.20. The molecule has 6 heteroatoms. The highest BCUT2D eigenvalue weighted by Crippen LogP contribution is 2.17. The average molecular weight is 848 g/mol. The third-order valence-electron chi connectivity index (χ3n) is 12.6. The molecule has 0 bridgehead atoms. The van der Waals surface area contributed by atoms with Gasteiger partial charge in [-0.2, -0.15) is 0 Å². The van der Waals surface area contributed by atoms with Gasteiger partial charge in [0.25, 0.3) is 0 Å². The number of allylic oxidation sites excluding steroid dienone is 2. The summed E-state index contributed by atoms with van der Waals surface area (Å²) in [6, 6.07) is -0.559. The van der Waals surface area contributed by atoms with Crippen molar-refractivity contribution in [3.8, 4) is 0 Å². The molecule has 0 fully saturated rings. The molecule has 0 aromatic carbocycles. The third-order valence-corrected chi connectivity index (χ3v) is 12.6. The van der Waals surface area contributed by atoms with E-state index in [1.54, 1.807) is 0 Å². The molecule has 60 heavy (non-hydrogen) atoms. The molecule has 0 aliphatic rings. The Morgan fingerprint density at radius 3 is 1.20 bits per heavy atom. The fourth-order valence-corrected chi connectivity index (χ4v) is 8.40. The normalized spacial score (nSPS) is 12.7. The monoisotopic (exact) mass is 848 g/mol. The molecule has 0 aromatic rings. The van der Waals surface area contributed by atoms with E-state index in [-0.39, 0.29) is 18.5 Å². The number of aliphatic hydroxyl groups excluding tert-OH is 2. The van der Waals surface area contributed by atoms with Gasteiger partial charge in [-0.15, -0.1) is 0 Å². The molecule has 0 saturated heterocycles. The first kappa shape index (κ1) is 58.6. The average Bonchev–Trinajstić information content (AvgIpc) is 3.25. The van der Waals surface area contributed by atoms with Crippen LogP contribution in [0.5, 0.6) is 0 Å². The molecular formula is C54H105NO5. The molecule has 6 nitrogen and oxygen atoms in total. The van der Waals surface area contributed by atoms with Crippen LogP contribution in [0, 0.1) is 0 Å². The van der Waals surface area contributed by atoms with E-state index in [9.17, 15) is 19.8 Å². The Morgan fingerprint density at radius 2 is 0.783 bits per heavy atom. The number of carbonyl (C=O) groups is 2. The molecule has 0 heterocycles. The highest BCUT2D eigenvalue weighted by molar-refractivity contribution is 5.76.